The maximum Gasteiger partial charge on any atom is 0.119 e. The van der Waals surface area contributed by atoms with Gasteiger partial charge in [-0.15, -0.1) is 6.58 Å². The van der Waals surface area contributed by atoms with Crippen molar-refractivity contribution in [1.82, 2.24) is 0 Å². The lowest BCUT2D eigenvalue weighted by Crippen LogP contribution is -2.14. The first kappa shape index (κ1) is 13.8. The lowest BCUT2D eigenvalue weighted by atomic mass is 9.96. The molecule has 0 bridgehead atoms. The molecule has 1 aromatic carbocycles. The van der Waals surface area contributed by atoms with Crippen LogP contribution < -0.4 is 4.74 Å². The van der Waals surface area contributed by atoms with Gasteiger partial charge in [0, 0.05) is 0 Å². The molecule has 2 nitrogen and oxygen atoms in total. The summed E-state index contributed by atoms with van der Waals surface area (Å²) in [5.74, 6) is 1.18. The van der Waals surface area contributed by atoms with Crippen LogP contribution in [0.4, 0.5) is 0 Å². The van der Waals surface area contributed by atoms with Crippen LogP contribution in [0, 0.1) is 5.92 Å². The van der Waals surface area contributed by atoms with Gasteiger partial charge in [-0.05, 0) is 42.9 Å². The minimum absolute atomic E-state index is 0.276. The van der Waals surface area contributed by atoms with Gasteiger partial charge in [0.2, 0.25) is 0 Å². The predicted molar refractivity (Wildman–Crippen MR) is 71.3 cm³/mol. The molecule has 0 saturated carbocycles. The Labute approximate surface area is 104 Å². The fourth-order valence-corrected chi connectivity index (χ4v) is 1.86. The molecule has 0 unspecified atom stereocenters. The van der Waals surface area contributed by atoms with Crippen molar-refractivity contribution in [2.24, 2.45) is 5.92 Å². The van der Waals surface area contributed by atoms with Crippen LogP contribution in [0.5, 0.6) is 5.75 Å². The summed E-state index contributed by atoms with van der Waals surface area (Å²) in [6, 6.07) is 8.13. The highest BCUT2D eigenvalue weighted by Crippen LogP contribution is 2.17. The molecule has 0 spiro atoms. The second-order valence-corrected chi connectivity index (χ2v) is 4.45. The number of hydrogen-bond donors (Lipinski definition) is 1. The van der Waals surface area contributed by atoms with Crippen molar-refractivity contribution in [1.29, 1.82) is 0 Å². The minimum atomic E-state index is -0.389. The molecule has 0 aliphatic heterocycles. The Morgan fingerprint density at radius 3 is 2.88 bits per heavy atom. The molecule has 0 amide bonds. The van der Waals surface area contributed by atoms with Gasteiger partial charge >= 0.3 is 0 Å². The van der Waals surface area contributed by atoms with Crippen molar-refractivity contribution in [2.75, 3.05) is 7.11 Å². The Hall–Kier alpha value is -1.28. The zero-order valence-corrected chi connectivity index (χ0v) is 10.7. The van der Waals surface area contributed by atoms with Gasteiger partial charge in [-0.25, -0.2) is 0 Å². The number of aryl methyl sites for hydroxylation is 1. The molecule has 1 N–H and O–H groups in total. The molecule has 0 saturated heterocycles. The van der Waals surface area contributed by atoms with Crippen LogP contribution in [0.1, 0.15) is 25.3 Å². The average molecular weight is 234 g/mol. The standard InChI is InChI=1S/C15H22O2/c1-4-15(16)12(2)7-5-8-13-9-6-10-14(11-13)17-3/h4,6,9-12,15-16H,1,5,7-8H2,2-3H3/t12-,15-/m0/s1. The van der Waals surface area contributed by atoms with E-state index in [0.29, 0.717) is 0 Å². The minimum Gasteiger partial charge on any atom is -0.497 e. The van der Waals surface area contributed by atoms with Crippen molar-refractivity contribution in [2.45, 2.75) is 32.3 Å². The van der Waals surface area contributed by atoms with E-state index >= 15 is 0 Å². The number of ether oxygens (including phenoxy) is 1. The smallest absolute Gasteiger partial charge is 0.119 e. The molecule has 0 aromatic heterocycles. The van der Waals surface area contributed by atoms with Crippen molar-refractivity contribution in [3.8, 4) is 5.75 Å². The predicted octanol–water partition coefficient (Wildman–Crippen LogP) is 3.20. The molecule has 0 aliphatic rings. The Morgan fingerprint density at radius 2 is 2.24 bits per heavy atom. The largest absolute Gasteiger partial charge is 0.497 e. The van der Waals surface area contributed by atoms with Gasteiger partial charge in [0.25, 0.3) is 0 Å². The molecule has 17 heavy (non-hydrogen) atoms. The third-order valence-electron chi connectivity index (χ3n) is 3.08. The zero-order valence-electron chi connectivity index (χ0n) is 10.7. The van der Waals surface area contributed by atoms with Crippen LogP contribution in [0.3, 0.4) is 0 Å². The summed E-state index contributed by atoms with van der Waals surface area (Å²) >= 11 is 0. The Kier molecular flexibility index (Phi) is 5.78. The SMILES string of the molecule is C=C[C@H](O)[C@@H](C)CCCc1cccc(OC)c1. The van der Waals surface area contributed by atoms with Crippen LogP contribution in [-0.2, 0) is 6.42 Å². The van der Waals surface area contributed by atoms with E-state index in [4.69, 9.17) is 4.74 Å². The second kappa shape index (κ2) is 7.13. The first-order chi connectivity index (χ1) is 8.17. The van der Waals surface area contributed by atoms with Crippen LogP contribution in [0.2, 0.25) is 0 Å². The van der Waals surface area contributed by atoms with Gasteiger partial charge in [0.1, 0.15) is 5.75 Å². The molecule has 0 radical (unpaired) electrons. The number of aliphatic hydroxyl groups excluding tert-OH is 1. The number of benzene rings is 1. The van der Waals surface area contributed by atoms with Crippen molar-refractivity contribution in [3.63, 3.8) is 0 Å². The topological polar surface area (TPSA) is 29.5 Å². The summed E-state index contributed by atoms with van der Waals surface area (Å²) in [5, 5.41) is 9.57. The normalized spacial score (nSPS) is 14.1. The van der Waals surface area contributed by atoms with E-state index < -0.39 is 0 Å². The summed E-state index contributed by atoms with van der Waals surface area (Å²) in [6.45, 7) is 5.66. The summed E-state index contributed by atoms with van der Waals surface area (Å²) in [4.78, 5) is 0. The number of hydrogen-bond acceptors (Lipinski definition) is 2. The maximum absolute atomic E-state index is 9.57. The molecule has 2 heteroatoms. The number of rotatable bonds is 7. The Bertz CT molecular complexity index is 347. The highest BCUT2D eigenvalue weighted by molar-refractivity contribution is 5.28. The second-order valence-electron chi connectivity index (χ2n) is 4.45. The zero-order chi connectivity index (χ0) is 12.7. The molecule has 0 heterocycles. The number of aliphatic hydroxyl groups is 1. The molecule has 1 rings (SSSR count). The first-order valence-corrected chi connectivity index (χ1v) is 6.11. The van der Waals surface area contributed by atoms with Gasteiger partial charge in [-0.3, -0.25) is 0 Å². The fourth-order valence-electron chi connectivity index (χ4n) is 1.86. The van der Waals surface area contributed by atoms with E-state index in [2.05, 4.69) is 25.6 Å². The fraction of sp³-hybridized carbons (Fsp3) is 0.467. The molecule has 2 atom stereocenters. The Morgan fingerprint density at radius 1 is 1.47 bits per heavy atom. The van der Waals surface area contributed by atoms with E-state index in [1.54, 1.807) is 13.2 Å². The van der Waals surface area contributed by atoms with E-state index in [9.17, 15) is 5.11 Å². The lowest BCUT2D eigenvalue weighted by molar-refractivity contribution is 0.155. The van der Waals surface area contributed by atoms with E-state index in [0.717, 1.165) is 25.0 Å². The monoisotopic (exact) mass is 234 g/mol. The molecule has 1 aromatic rings. The van der Waals surface area contributed by atoms with Crippen LogP contribution in [0.25, 0.3) is 0 Å². The van der Waals surface area contributed by atoms with Crippen LogP contribution in [-0.4, -0.2) is 18.3 Å². The van der Waals surface area contributed by atoms with Crippen molar-refractivity contribution < 1.29 is 9.84 Å². The third kappa shape index (κ3) is 4.61. The maximum atomic E-state index is 9.57. The number of methoxy groups -OCH3 is 1. The van der Waals surface area contributed by atoms with Crippen LogP contribution in [0.15, 0.2) is 36.9 Å². The third-order valence-corrected chi connectivity index (χ3v) is 3.08. The van der Waals surface area contributed by atoms with Gasteiger partial charge in [-0.2, -0.15) is 0 Å². The van der Waals surface area contributed by atoms with E-state index in [-0.39, 0.29) is 12.0 Å². The first-order valence-electron chi connectivity index (χ1n) is 6.11. The molecule has 94 valence electrons. The molecule has 0 aliphatic carbocycles. The summed E-state index contributed by atoms with van der Waals surface area (Å²) in [5.41, 5.74) is 1.28. The summed E-state index contributed by atoms with van der Waals surface area (Å²) < 4.78 is 5.18. The highest BCUT2D eigenvalue weighted by atomic mass is 16.5. The molecular weight excluding hydrogens is 212 g/mol. The molecular formula is C15H22O2. The van der Waals surface area contributed by atoms with Crippen molar-refractivity contribution >= 4 is 0 Å². The van der Waals surface area contributed by atoms with E-state index in [1.165, 1.54) is 5.56 Å². The van der Waals surface area contributed by atoms with Crippen LogP contribution >= 0.6 is 0 Å². The van der Waals surface area contributed by atoms with Gasteiger partial charge < -0.3 is 9.84 Å². The van der Waals surface area contributed by atoms with Crippen molar-refractivity contribution in [3.05, 3.63) is 42.5 Å². The lowest BCUT2D eigenvalue weighted by Gasteiger charge is -2.14. The summed E-state index contributed by atoms with van der Waals surface area (Å²) in [7, 11) is 1.68. The quantitative estimate of drug-likeness (QED) is 0.734. The van der Waals surface area contributed by atoms with Gasteiger partial charge in [0.15, 0.2) is 0 Å². The summed E-state index contributed by atoms with van der Waals surface area (Å²) in [6.07, 6.45) is 4.31. The average Bonchev–Trinajstić information content (AvgIpc) is 2.37. The van der Waals surface area contributed by atoms with Gasteiger partial charge in [0.05, 0.1) is 13.2 Å². The molecule has 0 fully saturated rings. The van der Waals surface area contributed by atoms with E-state index in [1.807, 2.05) is 12.1 Å². The Balaban J connectivity index is 2.37. The van der Waals surface area contributed by atoms with Gasteiger partial charge in [-0.1, -0.05) is 25.1 Å². The highest BCUT2D eigenvalue weighted by Gasteiger charge is 2.09.